The van der Waals surface area contributed by atoms with Gasteiger partial charge in [-0.3, -0.25) is 10.1 Å². The van der Waals surface area contributed by atoms with Crippen molar-refractivity contribution < 1.29 is 4.79 Å². The van der Waals surface area contributed by atoms with Crippen molar-refractivity contribution >= 4 is 34.1 Å². The van der Waals surface area contributed by atoms with Crippen LogP contribution in [0.1, 0.15) is 40.5 Å². The van der Waals surface area contributed by atoms with E-state index in [4.69, 9.17) is 5.10 Å². The topological polar surface area (TPSA) is 72.7 Å². The molecule has 1 saturated carbocycles. The molecule has 0 spiro atoms. The Morgan fingerprint density at radius 3 is 2.53 bits per heavy atom. The fourth-order valence-corrected chi connectivity index (χ4v) is 4.81. The van der Waals surface area contributed by atoms with Crippen LogP contribution in [0, 0.1) is 0 Å². The number of rotatable bonds is 7. The van der Waals surface area contributed by atoms with Crippen LogP contribution in [0.25, 0.3) is 5.69 Å². The molecule has 150 valence electrons. The SMILES string of the molecule is O=C(Nc1nnc(SCc2ccccc2)s1)c1cc(C2CC2)nn1-c1ccccc1. The number of hydrogen-bond acceptors (Lipinski definition) is 6. The van der Waals surface area contributed by atoms with Crippen LogP contribution in [0.4, 0.5) is 5.13 Å². The molecule has 2 aromatic heterocycles. The van der Waals surface area contributed by atoms with E-state index < -0.39 is 0 Å². The highest BCUT2D eigenvalue weighted by Gasteiger charge is 2.29. The molecule has 0 radical (unpaired) electrons. The Balaban J connectivity index is 1.31. The van der Waals surface area contributed by atoms with Gasteiger partial charge in [0.25, 0.3) is 5.91 Å². The summed E-state index contributed by atoms with van der Waals surface area (Å²) in [6, 6.07) is 21.8. The first-order valence-electron chi connectivity index (χ1n) is 9.73. The highest BCUT2D eigenvalue weighted by Crippen LogP contribution is 2.40. The van der Waals surface area contributed by atoms with Gasteiger partial charge in [0, 0.05) is 11.7 Å². The number of para-hydroxylation sites is 1. The first-order valence-corrected chi connectivity index (χ1v) is 11.5. The van der Waals surface area contributed by atoms with E-state index in [0.29, 0.717) is 16.7 Å². The summed E-state index contributed by atoms with van der Waals surface area (Å²) in [6.45, 7) is 0. The van der Waals surface area contributed by atoms with Gasteiger partial charge in [0.15, 0.2) is 4.34 Å². The number of nitrogens with zero attached hydrogens (tertiary/aromatic N) is 4. The highest BCUT2D eigenvalue weighted by atomic mass is 32.2. The molecule has 0 atom stereocenters. The van der Waals surface area contributed by atoms with E-state index in [1.165, 1.54) is 16.9 Å². The molecular weight excluding hydrogens is 414 g/mol. The Labute approximate surface area is 182 Å². The van der Waals surface area contributed by atoms with Gasteiger partial charge in [-0.15, -0.1) is 10.2 Å². The summed E-state index contributed by atoms with van der Waals surface area (Å²) in [5.41, 5.74) is 3.57. The van der Waals surface area contributed by atoms with Crippen LogP contribution in [0.5, 0.6) is 0 Å². The third kappa shape index (κ3) is 4.29. The monoisotopic (exact) mass is 433 g/mol. The lowest BCUT2D eigenvalue weighted by molar-refractivity contribution is 0.101. The van der Waals surface area contributed by atoms with Crippen LogP contribution in [0.15, 0.2) is 71.1 Å². The predicted molar refractivity (Wildman–Crippen MR) is 119 cm³/mol. The minimum absolute atomic E-state index is 0.228. The molecule has 6 nitrogen and oxygen atoms in total. The Kier molecular flexibility index (Phi) is 5.33. The van der Waals surface area contributed by atoms with Crippen LogP contribution >= 0.6 is 23.1 Å². The average Bonchev–Trinajstić information content (AvgIpc) is 3.38. The maximum absolute atomic E-state index is 13.0. The van der Waals surface area contributed by atoms with Crippen molar-refractivity contribution in [3.63, 3.8) is 0 Å². The zero-order valence-corrected chi connectivity index (χ0v) is 17.7. The van der Waals surface area contributed by atoms with Gasteiger partial charge in [0.1, 0.15) is 5.69 Å². The number of anilines is 1. The lowest BCUT2D eigenvalue weighted by Crippen LogP contribution is -2.16. The maximum Gasteiger partial charge on any atom is 0.276 e. The number of benzene rings is 2. The molecule has 5 rings (SSSR count). The van der Waals surface area contributed by atoms with Gasteiger partial charge in [0.2, 0.25) is 5.13 Å². The van der Waals surface area contributed by atoms with Crippen LogP contribution in [0.3, 0.4) is 0 Å². The van der Waals surface area contributed by atoms with E-state index in [0.717, 1.165) is 34.3 Å². The first-order chi connectivity index (χ1) is 14.8. The van der Waals surface area contributed by atoms with Crippen molar-refractivity contribution in [1.29, 1.82) is 0 Å². The van der Waals surface area contributed by atoms with Crippen molar-refractivity contribution in [3.05, 3.63) is 83.7 Å². The molecule has 30 heavy (non-hydrogen) atoms. The molecule has 4 aromatic rings. The van der Waals surface area contributed by atoms with E-state index in [-0.39, 0.29) is 5.91 Å². The largest absolute Gasteiger partial charge is 0.295 e. The maximum atomic E-state index is 13.0. The van der Waals surface area contributed by atoms with Gasteiger partial charge in [0.05, 0.1) is 11.4 Å². The number of hydrogen-bond donors (Lipinski definition) is 1. The van der Waals surface area contributed by atoms with Crippen molar-refractivity contribution in [1.82, 2.24) is 20.0 Å². The molecule has 1 amide bonds. The molecule has 1 N–H and O–H groups in total. The predicted octanol–water partition coefficient (Wildman–Crippen LogP) is 5.15. The molecule has 0 bridgehead atoms. The van der Waals surface area contributed by atoms with Crippen molar-refractivity contribution in [2.24, 2.45) is 0 Å². The molecule has 2 heterocycles. The Bertz CT molecular complexity index is 1150. The summed E-state index contributed by atoms with van der Waals surface area (Å²) in [7, 11) is 0. The molecular formula is C22H19N5OS2. The lowest BCUT2D eigenvalue weighted by atomic mass is 10.2. The second kappa shape index (κ2) is 8.41. The van der Waals surface area contributed by atoms with E-state index in [1.807, 2.05) is 54.6 Å². The van der Waals surface area contributed by atoms with E-state index in [1.54, 1.807) is 16.4 Å². The minimum Gasteiger partial charge on any atom is -0.295 e. The van der Waals surface area contributed by atoms with Gasteiger partial charge in [-0.2, -0.15) is 5.10 Å². The van der Waals surface area contributed by atoms with Gasteiger partial charge >= 0.3 is 0 Å². The summed E-state index contributed by atoms with van der Waals surface area (Å²) in [5.74, 6) is 1.05. The van der Waals surface area contributed by atoms with Crippen molar-refractivity contribution in [3.8, 4) is 5.69 Å². The number of carbonyl (C=O) groups excluding carboxylic acids is 1. The van der Waals surface area contributed by atoms with Crippen LogP contribution in [0.2, 0.25) is 0 Å². The summed E-state index contributed by atoms with van der Waals surface area (Å²) in [6.07, 6.45) is 2.26. The van der Waals surface area contributed by atoms with Crippen molar-refractivity contribution in [2.45, 2.75) is 28.9 Å². The lowest BCUT2D eigenvalue weighted by Gasteiger charge is -2.06. The highest BCUT2D eigenvalue weighted by molar-refractivity contribution is 8.00. The Morgan fingerprint density at radius 2 is 1.80 bits per heavy atom. The first kappa shape index (κ1) is 19.0. The van der Waals surface area contributed by atoms with Crippen LogP contribution in [-0.4, -0.2) is 25.9 Å². The average molecular weight is 434 g/mol. The second-order valence-corrected chi connectivity index (χ2v) is 9.28. The van der Waals surface area contributed by atoms with Gasteiger partial charge < -0.3 is 0 Å². The third-order valence-electron chi connectivity index (χ3n) is 4.79. The molecule has 0 aliphatic heterocycles. The Morgan fingerprint density at radius 1 is 1.07 bits per heavy atom. The molecule has 1 aliphatic carbocycles. The normalized spacial score (nSPS) is 13.3. The van der Waals surface area contributed by atoms with E-state index in [2.05, 4.69) is 27.6 Å². The molecule has 1 fully saturated rings. The van der Waals surface area contributed by atoms with Crippen molar-refractivity contribution in [2.75, 3.05) is 5.32 Å². The number of thioether (sulfide) groups is 1. The number of amides is 1. The minimum atomic E-state index is -0.228. The molecule has 2 aromatic carbocycles. The van der Waals surface area contributed by atoms with Gasteiger partial charge in [-0.25, -0.2) is 4.68 Å². The fraction of sp³-hybridized carbons (Fsp3) is 0.182. The van der Waals surface area contributed by atoms with Crippen LogP contribution < -0.4 is 5.32 Å². The molecule has 0 saturated heterocycles. The summed E-state index contributed by atoms with van der Waals surface area (Å²) >= 11 is 2.99. The quantitative estimate of drug-likeness (QED) is 0.322. The summed E-state index contributed by atoms with van der Waals surface area (Å²) < 4.78 is 2.54. The smallest absolute Gasteiger partial charge is 0.276 e. The standard InChI is InChI=1S/C22H19N5OS2/c28-20(23-21-24-25-22(30-21)29-14-15-7-3-1-4-8-15)19-13-18(16-11-12-16)26-27(19)17-9-5-2-6-10-17/h1-10,13,16H,11-12,14H2,(H,23,24,28). The second-order valence-electron chi connectivity index (χ2n) is 7.08. The number of aromatic nitrogens is 4. The van der Waals surface area contributed by atoms with Gasteiger partial charge in [-0.05, 0) is 36.6 Å². The van der Waals surface area contributed by atoms with E-state index in [9.17, 15) is 4.79 Å². The fourth-order valence-electron chi connectivity index (χ4n) is 3.10. The molecule has 8 heteroatoms. The van der Waals surface area contributed by atoms with Gasteiger partial charge in [-0.1, -0.05) is 71.6 Å². The summed E-state index contributed by atoms with van der Waals surface area (Å²) in [4.78, 5) is 13.0. The third-order valence-corrected chi connectivity index (χ3v) is 6.83. The Hall–Kier alpha value is -2.97. The number of carbonyl (C=O) groups is 1. The summed E-state index contributed by atoms with van der Waals surface area (Å²) in [5, 5.41) is 16.4. The zero-order valence-electron chi connectivity index (χ0n) is 16.1. The van der Waals surface area contributed by atoms with E-state index >= 15 is 0 Å². The zero-order chi connectivity index (χ0) is 20.3. The molecule has 0 unspecified atom stereocenters. The molecule has 1 aliphatic rings. The number of nitrogens with one attached hydrogen (secondary N) is 1. The van der Waals surface area contributed by atoms with Crippen LogP contribution in [-0.2, 0) is 5.75 Å².